The molecule has 2 fully saturated rings. The van der Waals surface area contributed by atoms with Crippen LogP contribution in [0.3, 0.4) is 0 Å². The first-order valence-electron chi connectivity index (χ1n) is 10.2. The molecule has 1 heterocycles. The minimum Gasteiger partial charge on any atom is -0.478 e. The van der Waals surface area contributed by atoms with Crippen LogP contribution in [0.15, 0.2) is 24.3 Å². The van der Waals surface area contributed by atoms with Crippen molar-refractivity contribution in [2.45, 2.75) is 38.6 Å². The lowest BCUT2D eigenvalue weighted by atomic mass is 9.88. The van der Waals surface area contributed by atoms with Gasteiger partial charge in [-0.15, -0.1) is 0 Å². The van der Waals surface area contributed by atoms with Crippen LogP contribution in [0.25, 0.3) is 0 Å². The second-order valence-corrected chi connectivity index (χ2v) is 7.68. The molecule has 3 rings (SSSR count). The van der Waals surface area contributed by atoms with Crippen molar-refractivity contribution in [1.29, 1.82) is 0 Å². The third-order valence-corrected chi connectivity index (χ3v) is 5.77. The molecule has 148 valence electrons. The molecule has 0 aromatic heterocycles. The Labute approximate surface area is 161 Å². The minimum absolute atomic E-state index is 0.277. The normalized spacial score (nSPS) is 19.2. The van der Waals surface area contributed by atoms with E-state index >= 15 is 0 Å². The van der Waals surface area contributed by atoms with E-state index in [1.165, 1.54) is 19.3 Å². The molecule has 1 saturated heterocycles. The lowest BCUT2D eigenvalue weighted by Gasteiger charge is -2.37. The molecule has 1 saturated carbocycles. The van der Waals surface area contributed by atoms with E-state index in [1.807, 2.05) is 12.1 Å². The molecule has 1 aliphatic carbocycles. The first-order chi connectivity index (χ1) is 13.1. The SMILES string of the molecule is O=C(O)c1ccc(CNCCN2CCN(C(=O)C3CCCCC3)CC2)cc1. The summed E-state index contributed by atoms with van der Waals surface area (Å²) in [5, 5.41) is 12.3. The Balaban J connectivity index is 1.31. The molecule has 6 heteroatoms. The Hall–Kier alpha value is -1.92. The molecule has 0 atom stereocenters. The van der Waals surface area contributed by atoms with Crippen LogP contribution in [0.5, 0.6) is 0 Å². The van der Waals surface area contributed by atoms with E-state index in [1.54, 1.807) is 12.1 Å². The third-order valence-electron chi connectivity index (χ3n) is 5.77. The summed E-state index contributed by atoms with van der Waals surface area (Å²) in [7, 11) is 0. The molecule has 1 aliphatic heterocycles. The fraction of sp³-hybridized carbons (Fsp3) is 0.619. The van der Waals surface area contributed by atoms with Crippen LogP contribution in [0, 0.1) is 5.92 Å². The van der Waals surface area contributed by atoms with Gasteiger partial charge in [0.05, 0.1) is 5.56 Å². The summed E-state index contributed by atoms with van der Waals surface area (Å²) in [4.78, 5) is 27.9. The number of benzene rings is 1. The van der Waals surface area contributed by atoms with Gasteiger partial charge in [-0.25, -0.2) is 4.79 Å². The van der Waals surface area contributed by atoms with E-state index in [9.17, 15) is 9.59 Å². The minimum atomic E-state index is -0.893. The first kappa shape index (κ1) is 19.8. The van der Waals surface area contributed by atoms with Crippen molar-refractivity contribution in [1.82, 2.24) is 15.1 Å². The molecule has 0 bridgehead atoms. The maximum Gasteiger partial charge on any atom is 0.335 e. The number of nitrogens with zero attached hydrogens (tertiary/aromatic N) is 2. The molecular weight excluding hydrogens is 342 g/mol. The number of rotatable bonds is 7. The molecule has 1 aromatic carbocycles. The van der Waals surface area contributed by atoms with Gasteiger partial charge in [-0.1, -0.05) is 31.4 Å². The molecule has 27 heavy (non-hydrogen) atoms. The number of carbonyl (C=O) groups excluding carboxylic acids is 1. The third kappa shape index (κ3) is 5.78. The second-order valence-electron chi connectivity index (χ2n) is 7.68. The molecule has 2 aliphatic rings. The van der Waals surface area contributed by atoms with Gasteiger partial charge in [0, 0.05) is 51.7 Å². The lowest BCUT2D eigenvalue weighted by molar-refractivity contribution is -0.138. The molecule has 0 radical (unpaired) electrons. The van der Waals surface area contributed by atoms with Gasteiger partial charge >= 0.3 is 5.97 Å². The van der Waals surface area contributed by atoms with Gasteiger partial charge in [-0.05, 0) is 30.5 Å². The fourth-order valence-corrected chi connectivity index (χ4v) is 4.03. The Morgan fingerprint density at radius 1 is 1.00 bits per heavy atom. The van der Waals surface area contributed by atoms with E-state index in [4.69, 9.17) is 5.11 Å². The predicted molar refractivity (Wildman–Crippen MR) is 105 cm³/mol. The maximum atomic E-state index is 12.6. The van der Waals surface area contributed by atoms with E-state index < -0.39 is 5.97 Å². The van der Waals surface area contributed by atoms with E-state index in [-0.39, 0.29) is 5.92 Å². The van der Waals surface area contributed by atoms with Crippen LogP contribution in [0.2, 0.25) is 0 Å². The van der Waals surface area contributed by atoms with Crippen LogP contribution in [-0.2, 0) is 11.3 Å². The molecule has 0 unspecified atom stereocenters. The smallest absolute Gasteiger partial charge is 0.335 e. The Bertz CT molecular complexity index is 618. The van der Waals surface area contributed by atoms with Crippen LogP contribution in [-0.4, -0.2) is 66.1 Å². The number of hydrogen-bond acceptors (Lipinski definition) is 4. The summed E-state index contributed by atoms with van der Waals surface area (Å²) < 4.78 is 0. The van der Waals surface area contributed by atoms with E-state index in [2.05, 4.69) is 15.1 Å². The highest BCUT2D eigenvalue weighted by molar-refractivity contribution is 5.87. The van der Waals surface area contributed by atoms with Crippen molar-refractivity contribution in [2.75, 3.05) is 39.3 Å². The van der Waals surface area contributed by atoms with Crippen LogP contribution >= 0.6 is 0 Å². The second kappa shape index (κ2) is 9.85. The summed E-state index contributed by atoms with van der Waals surface area (Å²) >= 11 is 0. The Morgan fingerprint density at radius 3 is 2.30 bits per heavy atom. The highest BCUT2D eigenvalue weighted by atomic mass is 16.4. The Kier molecular flexibility index (Phi) is 7.24. The van der Waals surface area contributed by atoms with E-state index in [0.717, 1.165) is 64.2 Å². The van der Waals surface area contributed by atoms with Gasteiger partial charge in [-0.2, -0.15) is 0 Å². The zero-order valence-corrected chi connectivity index (χ0v) is 16.0. The first-order valence-corrected chi connectivity index (χ1v) is 10.2. The predicted octanol–water partition coefficient (Wildman–Crippen LogP) is 2.20. The van der Waals surface area contributed by atoms with Crippen LogP contribution in [0.1, 0.15) is 48.0 Å². The average Bonchev–Trinajstić information content (AvgIpc) is 2.72. The zero-order chi connectivity index (χ0) is 19.1. The lowest BCUT2D eigenvalue weighted by Crippen LogP contribution is -2.51. The summed E-state index contributed by atoms with van der Waals surface area (Å²) in [6, 6.07) is 6.99. The monoisotopic (exact) mass is 373 g/mol. The summed E-state index contributed by atoms with van der Waals surface area (Å²) in [5.74, 6) is -0.229. The van der Waals surface area contributed by atoms with Crippen LogP contribution < -0.4 is 5.32 Å². The van der Waals surface area contributed by atoms with Crippen molar-refractivity contribution in [3.05, 3.63) is 35.4 Å². The van der Waals surface area contributed by atoms with Crippen LogP contribution in [0.4, 0.5) is 0 Å². The van der Waals surface area contributed by atoms with Crippen molar-refractivity contribution in [2.24, 2.45) is 5.92 Å². The largest absolute Gasteiger partial charge is 0.478 e. The highest BCUT2D eigenvalue weighted by Crippen LogP contribution is 2.25. The molecule has 1 aromatic rings. The zero-order valence-electron chi connectivity index (χ0n) is 16.0. The molecule has 2 N–H and O–H groups in total. The van der Waals surface area contributed by atoms with Crippen molar-refractivity contribution in [3.8, 4) is 0 Å². The van der Waals surface area contributed by atoms with E-state index in [0.29, 0.717) is 11.5 Å². The number of nitrogens with one attached hydrogen (secondary N) is 1. The van der Waals surface area contributed by atoms with Gasteiger partial charge in [0.25, 0.3) is 0 Å². The number of amides is 1. The average molecular weight is 373 g/mol. The van der Waals surface area contributed by atoms with Gasteiger partial charge < -0.3 is 15.3 Å². The quantitative estimate of drug-likeness (QED) is 0.717. The van der Waals surface area contributed by atoms with Gasteiger partial charge in [-0.3, -0.25) is 9.69 Å². The summed E-state index contributed by atoms with van der Waals surface area (Å²) in [6.07, 6.45) is 5.86. The number of hydrogen-bond donors (Lipinski definition) is 2. The summed E-state index contributed by atoms with van der Waals surface area (Å²) in [5.41, 5.74) is 1.40. The number of carboxylic acids is 1. The maximum absolute atomic E-state index is 12.6. The highest BCUT2D eigenvalue weighted by Gasteiger charge is 2.28. The van der Waals surface area contributed by atoms with Crippen molar-refractivity contribution in [3.63, 3.8) is 0 Å². The number of aromatic carboxylic acids is 1. The Morgan fingerprint density at radius 2 is 1.67 bits per heavy atom. The molecule has 6 nitrogen and oxygen atoms in total. The van der Waals surface area contributed by atoms with Gasteiger partial charge in [0.2, 0.25) is 5.91 Å². The number of piperazine rings is 1. The fourth-order valence-electron chi connectivity index (χ4n) is 4.03. The van der Waals surface area contributed by atoms with Gasteiger partial charge in [0.1, 0.15) is 0 Å². The molecule has 0 spiro atoms. The number of carboxylic acid groups (broad SMARTS) is 1. The van der Waals surface area contributed by atoms with Crippen molar-refractivity contribution >= 4 is 11.9 Å². The summed E-state index contributed by atoms with van der Waals surface area (Å²) in [6.45, 7) is 6.20. The molecule has 1 amide bonds. The molecular formula is C21H31N3O3. The number of carbonyl (C=O) groups is 2. The topological polar surface area (TPSA) is 72.9 Å². The standard InChI is InChI=1S/C21H31N3O3/c25-20(18-4-2-1-3-5-18)24-14-12-23(13-15-24)11-10-22-16-17-6-8-19(9-7-17)21(26)27/h6-9,18,22H,1-5,10-16H2,(H,26,27). The van der Waals surface area contributed by atoms with Gasteiger partial charge in [0.15, 0.2) is 0 Å². The van der Waals surface area contributed by atoms with Crippen molar-refractivity contribution < 1.29 is 14.7 Å².